The lowest BCUT2D eigenvalue weighted by atomic mass is 9.67. The third-order valence-corrected chi connectivity index (χ3v) is 6.28. The Labute approximate surface area is 173 Å². The molecule has 5 heteroatoms. The molecule has 0 spiro atoms. The fourth-order valence-electron chi connectivity index (χ4n) is 4.69. The minimum atomic E-state index is 0.141. The number of ether oxygens (including phenoxy) is 5. The minimum Gasteiger partial charge on any atom is -0.493 e. The van der Waals surface area contributed by atoms with Crippen LogP contribution in [0.4, 0.5) is 0 Å². The van der Waals surface area contributed by atoms with Crippen molar-refractivity contribution in [2.45, 2.75) is 33.1 Å². The highest BCUT2D eigenvalue weighted by Gasteiger charge is 2.38. The van der Waals surface area contributed by atoms with E-state index in [9.17, 15) is 0 Å². The molecule has 3 rings (SSSR count). The first-order chi connectivity index (χ1) is 13.9. The Morgan fingerprint density at radius 2 is 1.31 bits per heavy atom. The third kappa shape index (κ3) is 3.47. The van der Waals surface area contributed by atoms with E-state index in [0.29, 0.717) is 23.3 Å². The average molecular weight is 401 g/mol. The van der Waals surface area contributed by atoms with Gasteiger partial charge in [-0.2, -0.15) is 0 Å². The van der Waals surface area contributed by atoms with Gasteiger partial charge in [-0.1, -0.05) is 19.9 Å². The second-order valence-corrected chi connectivity index (χ2v) is 7.81. The zero-order valence-corrected chi connectivity index (χ0v) is 18.7. The maximum atomic E-state index is 5.88. The van der Waals surface area contributed by atoms with Crippen molar-refractivity contribution >= 4 is 0 Å². The maximum absolute atomic E-state index is 5.88. The molecule has 0 bridgehead atoms. The second kappa shape index (κ2) is 8.44. The molecule has 1 aliphatic rings. The molecular weight excluding hydrogens is 368 g/mol. The van der Waals surface area contributed by atoms with E-state index in [-0.39, 0.29) is 5.92 Å². The van der Waals surface area contributed by atoms with Crippen LogP contribution >= 0.6 is 0 Å². The largest absolute Gasteiger partial charge is 0.493 e. The topological polar surface area (TPSA) is 46.2 Å². The molecule has 0 unspecified atom stereocenters. The highest BCUT2D eigenvalue weighted by molar-refractivity contribution is 5.63. The summed E-state index contributed by atoms with van der Waals surface area (Å²) in [7, 11) is 8.35. The second-order valence-electron chi connectivity index (χ2n) is 7.81. The van der Waals surface area contributed by atoms with Gasteiger partial charge in [0.1, 0.15) is 0 Å². The van der Waals surface area contributed by atoms with Crippen LogP contribution in [0, 0.1) is 18.8 Å². The van der Waals surface area contributed by atoms with Crippen LogP contribution in [0.15, 0.2) is 18.2 Å². The molecule has 0 heterocycles. The summed E-state index contributed by atoms with van der Waals surface area (Å²) >= 11 is 0. The van der Waals surface area contributed by atoms with Gasteiger partial charge in [-0.25, -0.2) is 0 Å². The summed E-state index contributed by atoms with van der Waals surface area (Å²) in [5, 5.41) is 0. The summed E-state index contributed by atoms with van der Waals surface area (Å²) in [6.07, 6.45) is 0.968. The molecule has 0 N–H and O–H groups in total. The SMILES string of the molecule is COc1cc([C@H]2c3c(cc(OC)c(OC)c3OC)C[C@@H](C)[C@@H]2C)cc(C)c1OC. The van der Waals surface area contributed by atoms with Crippen molar-refractivity contribution < 1.29 is 23.7 Å². The Balaban J connectivity index is 2.31. The molecule has 0 radical (unpaired) electrons. The third-order valence-electron chi connectivity index (χ3n) is 6.28. The van der Waals surface area contributed by atoms with Crippen molar-refractivity contribution in [3.05, 3.63) is 40.5 Å². The van der Waals surface area contributed by atoms with E-state index in [4.69, 9.17) is 23.7 Å². The van der Waals surface area contributed by atoms with E-state index >= 15 is 0 Å². The molecular formula is C24H32O5. The molecule has 0 amide bonds. The van der Waals surface area contributed by atoms with Crippen molar-refractivity contribution in [1.82, 2.24) is 0 Å². The molecule has 2 aromatic rings. The van der Waals surface area contributed by atoms with E-state index in [2.05, 4.69) is 39.0 Å². The molecule has 0 fully saturated rings. The summed E-state index contributed by atoms with van der Waals surface area (Å²) in [4.78, 5) is 0. The van der Waals surface area contributed by atoms with Crippen LogP contribution in [0.1, 0.15) is 42.0 Å². The number of hydrogen-bond acceptors (Lipinski definition) is 5. The van der Waals surface area contributed by atoms with Gasteiger partial charge < -0.3 is 23.7 Å². The van der Waals surface area contributed by atoms with Gasteiger partial charge in [-0.05, 0) is 54.0 Å². The van der Waals surface area contributed by atoms with Gasteiger partial charge in [0.05, 0.1) is 35.5 Å². The average Bonchev–Trinajstić information content (AvgIpc) is 2.72. The monoisotopic (exact) mass is 400 g/mol. The van der Waals surface area contributed by atoms with Crippen LogP contribution in [0.2, 0.25) is 0 Å². The summed E-state index contributed by atoms with van der Waals surface area (Å²) < 4.78 is 28.3. The van der Waals surface area contributed by atoms with Crippen molar-refractivity contribution in [3.63, 3.8) is 0 Å². The highest BCUT2D eigenvalue weighted by Crippen LogP contribution is 2.53. The summed E-state index contributed by atoms with van der Waals surface area (Å²) in [6.45, 7) is 6.66. The van der Waals surface area contributed by atoms with Gasteiger partial charge in [0.15, 0.2) is 23.0 Å². The first-order valence-electron chi connectivity index (χ1n) is 9.95. The van der Waals surface area contributed by atoms with Gasteiger partial charge in [-0.15, -0.1) is 0 Å². The quantitative estimate of drug-likeness (QED) is 0.683. The van der Waals surface area contributed by atoms with Crippen molar-refractivity contribution in [2.24, 2.45) is 11.8 Å². The predicted molar refractivity (Wildman–Crippen MR) is 114 cm³/mol. The smallest absolute Gasteiger partial charge is 0.203 e. The highest BCUT2D eigenvalue weighted by atomic mass is 16.5. The standard InChI is InChI=1S/C24H32O5/c1-13-9-17-12-19(26-5)23(28-7)24(29-8)21(17)20(15(13)3)16-10-14(2)22(27-6)18(11-16)25-4/h10-13,15,20H,9H2,1-8H3/t13-,15+,20+/m1/s1. The Kier molecular flexibility index (Phi) is 6.15. The zero-order valence-electron chi connectivity index (χ0n) is 18.7. The molecule has 0 saturated carbocycles. The Morgan fingerprint density at radius 3 is 1.86 bits per heavy atom. The number of methoxy groups -OCH3 is 5. The van der Waals surface area contributed by atoms with Crippen LogP contribution in [0.5, 0.6) is 28.7 Å². The van der Waals surface area contributed by atoms with Crippen LogP contribution in [-0.2, 0) is 6.42 Å². The Morgan fingerprint density at radius 1 is 0.724 bits per heavy atom. The molecule has 0 saturated heterocycles. The molecule has 1 aliphatic carbocycles. The first kappa shape index (κ1) is 21.2. The normalized spacial score (nSPS) is 20.6. The maximum Gasteiger partial charge on any atom is 0.203 e. The zero-order chi connectivity index (χ0) is 21.3. The van der Waals surface area contributed by atoms with Crippen molar-refractivity contribution in [2.75, 3.05) is 35.5 Å². The molecule has 0 aliphatic heterocycles. The van der Waals surface area contributed by atoms with Crippen LogP contribution in [0.25, 0.3) is 0 Å². The number of fused-ring (bicyclic) bond motifs is 1. The number of hydrogen-bond donors (Lipinski definition) is 0. The predicted octanol–water partition coefficient (Wildman–Crippen LogP) is 5.00. The Hall–Kier alpha value is -2.56. The summed E-state index contributed by atoms with van der Waals surface area (Å²) in [5.74, 6) is 4.65. The van der Waals surface area contributed by atoms with Crippen LogP contribution in [-0.4, -0.2) is 35.5 Å². The number of benzene rings is 2. The summed E-state index contributed by atoms with van der Waals surface area (Å²) in [5.41, 5.74) is 4.64. The number of rotatable bonds is 6. The summed E-state index contributed by atoms with van der Waals surface area (Å²) in [6, 6.07) is 6.38. The van der Waals surface area contributed by atoms with E-state index < -0.39 is 0 Å². The lowest BCUT2D eigenvalue weighted by molar-refractivity contribution is 0.292. The fraction of sp³-hybridized carbons (Fsp3) is 0.500. The molecule has 5 nitrogen and oxygen atoms in total. The minimum absolute atomic E-state index is 0.141. The van der Waals surface area contributed by atoms with E-state index in [1.807, 2.05) is 0 Å². The fourth-order valence-corrected chi connectivity index (χ4v) is 4.69. The van der Waals surface area contributed by atoms with Gasteiger partial charge in [0.2, 0.25) is 5.75 Å². The van der Waals surface area contributed by atoms with Gasteiger partial charge >= 0.3 is 0 Å². The molecule has 158 valence electrons. The number of aryl methyl sites for hydroxylation is 1. The van der Waals surface area contributed by atoms with E-state index in [0.717, 1.165) is 29.2 Å². The van der Waals surface area contributed by atoms with Crippen LogP contribution in [0.3, 0.4) is 0 Å². The van der Waals surface area contributed by atoms with Crippen molar-refractivity contribution in [3.8, 4) is 28.7 Å². The molecule has 29 heavy (non-hydrogen) atoms. The van der Waals surface area contributed by atoms with Gasteiger partial charge in [0, 0.05) is 11.5 Å². The Bertz CT molecular complexity index is 890. The lowest BCUT2D eigenvalue weighted by Crippen LogP contribution is -2.27. The van der Waals surface area contributed by atoms with Gasteiger partial charge in [0.25, 0.3) is 0 Å². The van der Waals surface area contributed by atoms with Gasteiger partial charge in [-0.3, -0.25) is 0 Å². The molecule has 2 aromatic carbocycles. The van der Waals surface area contributed by atoms with Crippen LogP contribution < -0.4 is 23.7 Å². The molecule has 0 aromatic heterocycles. The van der Waals surface area contributed by atoms with E-state index in [1.165, 1.54) is 16.7 Å². The van der Waals surface area contributed by atoms with E-state index in [1.54, 1.807) is 35.5 Å². The first-order valence-corrected chi connectivity index (χ1v) is 9.95. The molecule has 3 atom stereocenters. The lowest BCUT2D eigenvalue weighted by Gasteiger charge is -2.38. The van der Waals surface area contributed by atoms with Crippen molar-refractivity contribution in [1.29, 1.82) is 0 Å².